The summed E-state index contributed by atoms with van der Waals surface area (Å²) in [5.41, 5.74) is 0.488. The van der Waals surface area contributed by atoms with Crippen LogP contribution in [0.3, 0.4) is 0 Å². The maximum absolute atomic E-state index is 12.3. The van der Waals surface area contributed by atoms with Crippen molar-refractivity contribution < 1.29 is 14.3 Å². The minimum absolute atomic E-state index is 0.00175. The lowest BCUT2D eigenvalue weighted by atomic mass is 9.98. The first-order valence-corrected chi connectivity index (χ1v) is 10.5. The predicted molar refractivity (Wildman–Crippen MR) is 116 cm³/mol. The van der Waals surface area contributed by atoms with Gasteiger partial charge in [-0.1, -0.05) is 6.92 Å². The highest BCUT2D eigenvalue weighted by molar-refractivity contribution is 14.1. The monoisotopic (exact) mass is 503 g/mol. The number of anilines is 1. The molecule has 1 atom stereocenters. The van der Waals surface area contributed by atoms with E-state index in [2.05, 4.69) is 37.5 Å². The van der Waals surface area contributed by atoms with E-state index in [1.54, 1.807) is 30.2 Å². The number of aromatic nitrogens is 2. The highest BCUT2D eigenvalue weighted by Gasteiger charge is 2.29. The van der Waals surface area contributed by atoms with Crippen LogP contribution in [0.5, 0.6) is 0 Å². The van der Waals surface area contributed by atoms with Crippen molar-refractivity contribution in [3.8, 4) is 0 Å². The second-order valence-electron chi connectivity index (χ2n) is 8.25. The second-order valence-corrected chi connectivity index (χ2v) is 9.27. The van der Waals surface area contributed by atoms with Gasteiger partial charge in [-0.15, -0.1) is 0 Å². The summed E-state index contributed by atoms with van der Waals surface area (Å²) in [6.45, 7) is 10.1. The number of carbonyl (C=O) groups excluding carboxylic acids is 2. The summed E-state index contributed by atoms with van der Waals surface area (Å²) in [5.74, 6) is 0.928. The molecule has 1 aromatic heterocycles. The molecule has 0 N–H and O–H groups in total. The molecular weight excluding hydrogens is 473 g/mol. The highest BCUT2D eigenvalue weighted by atomic mass is 127. The van der Waals surface area contributed by atoms with Crippen molar-refractivity contribution in [2.45, 2.75) is 45.6 Å². The third kappa shape index (κ3) is 5.92. The summed E-state index contributed by atoms with van der Waals surface area (Å²) < 4.78 is 6.32. The van der Waals surface area contributed by atoms with Crippen LogP contribution in [0, 0.1) is 3.70 Å². The fourth-order valence-electron chi connectivity index (χ4n) is 3.02. The highest BCUT2D eigenvalue weighted by Crippen LogP contribution is 2.32. The molecule has 28 heavy (non-hydrogen) atoms. The van der Waals surface area contributed by atoms with Gasteiger partial charge in [-0.3, -0.25) is 4.79 Å². The van der Waals surface area contributed by atoms with E-state index in [0.717, 1.165) is 15.1 Å². The zero-order valence-electron chi connectivity index (χ0n) is 17.5. The molecule has 9 heteroatoms. The lowest BCUT2D eigenvalue weighted by molar-refractivity contribution is -0.129. The van der Waals surface area contributed by atoms with Gasteiger partial charge in [-0.05, 0) is 49.3 Å². The number of amides is 2. The van der Waals surface area contributed by atoms with Crippen molar-refractivity contribution >= 4 is 40.4 Å². The smallest absolute Gasteiger partial charge is 0.410 e. The van der Waals surface area contributed by atoms with Gasteiger partial charge in [0, 0.05) is 52.3 Å². The summed E-state index contributed by atoms with van der Waals surface area (Å²) >= 11 is 2.20. The molecule has 0 saturated carbocycles. The Kier molecular flexibility index (Phi) is 7.46. The number of hydrogen-bond acceptors (Lipinski definition) is 6. The Hall–Kier alpha value is -1.65. The maximum atomic E-state index is 12.3. The Morgan fingerprint density at radius 3 is 2.36 bits per heavy atom. The molecule has 2 amide bonds. The first kappa shape index (κ1) is 22.6. The van der Waals surface area contributed by atoms with Crippen LogP contribution < -0.4 is 4.90 Å². The van der Waals surface area contributed by atoms with E-state index in [4.69, 9.17) is 4.74 Å². The van der Waals surface area contributed by atoms with Gasteiger partial charge in [0.25, 0.3) is 0 Å². The minimum Gasteiger partial charge on any atom is -0.444 e. The molecule has 0 spiro atoms. The number of hydrogen-bond donors (Lipinski definition) is 0. The summed E-state index contributed by atoms with van der Waals surface area (Å²) in [7, 11) is 3.52. The first-order valence-electron chi connectivity index (χ1n) is 9.43. The fraction of sp³-hybridized carbons (Fsp3) is 0.684. The summed E-state index contributed by atoms with van der Waals surface area (Å²) in [6.07, 6.45) is 1.68. The standard InChI is InChI=1S/C19H30IN5O3/c1-13(11-14(26)23(5)6)15-16(20)21-12-22-17(15)24-7-9-25(10-8-24)18(27)28-19(2,3)4/h12-13H,7-11H2,1-6H3/t13-/m1/s1. The van der Waals surface area contributed by atoms with Gasteiger partial charge in [0.1, 0.15) is 21.4 Å². The Labute approximate surface area is 180 Å². The molecule has 0 aliphatic carbocycles. The number of nitrogens with zero attached hydrogens (tertiary/aromatic N) is 5. The van der Waals surface area contributed by atoms with Crippen molar-refractivity contribution in [3.63, 3.8) is 0 Å². The number of ether oxygens (including phenoxy) is 1. The van der Waals surface area contributed by atoms with E-state index in [9.17, 15) is 9.59 Å². The summed E-state index contributed by atoms with van der Waals surface area (Å²) in [4.78, 5) is 38.8. The van der Waals surface area contributed by atoms with Crippen LogP contribution in [0.15, 0.2) is 6.33 Å². The Morgan fingerprint density at radius 1 is 1.21 bits per heavy atom. The van der Waals surface area contributed by atoms with Crippen LogP contribution in [-0.2, 0) is 9.53 Å². The Morgan fingerprint density at radius 2 is 1.82 bits per heavy atom. The second kappa shape index (κ2) is 9.23. The van der Waals surface area contributed by atoms with Gasteiger partial charge in [-0.25, -0.2) is 14.8 Å². The zero-order chi connectivity index (χ0) is 21.1. The molecule has 156 valence electrons. The van der Waals surface area contributed by atoms with Crippen molar-refractivity contribution in [2.75, 3.05) is 45.2 Å². The summed E-state index contributed by atoms with van der Waals surface area (Å²) in [6, 6.07) is 0. The van der Waals surface area contributed by atoms with Crippen LogP contribution in [0.4, 0.5) is 10.6 Å². The van der Waals surface area contributed by atoms with Crippen LogP contribution in [0.2, 0.25) is 0 Å². The third-order valence-electron chi connectivity index (χ3n) is 4.52. The molecule has 0 aromatic carbocycles. The Bertz CT molecular complexity index is 712. The van der Waals surface area contributed by atoms with Crippen molar-refractivity contribution in [1.82, 2.24) is 19.8 Å². The van der Waals surface area contributed by atoms with Gasteiger partial charge in [0.2, 0.25) is 5.91 Å². The maximum Gasteiger partial charge on any atom is 0.410 e. The van der Waals surface area contributed by atoms with Crippen molar-refractivity contribution in [3.05, 3.63) is 15.6 Å². The topological polar surface area (TPSA) is 78.9 Å². The van der Waals surface area contributed by atoms with Gasteiger partial charge in [-0.2, -0.15) is 0 Å². The molecule has 0 radical (unpaired) electrons. The quantitative estimate of drug-likeness (QED) is 0.465. The predicted octanol–water partition coefficient (Wildman–Crippen LogP) is 2.72. The number of carbonyl (C=O) groups is 2. The normalized spacial score (nSPS) is 16.0. The van der Waals surface area contributed by atoms with Gasteiger partial charge in [0.05, 0.1) is 0 Å². The molecule has 0 bridgehead atoms. The van der Waals surface area contributed by atoms with E-state index in [1.807, 2.05) is 27.7 Å². The summed E-state index contributed by atoms with van der Waals surface area (Å²) in [5, 5.41) is 0. The molecule has 1 fully saturated rings. The van der Waals surface area contributed by atoms with Crippen LogP contribution in [-0.4, -0.2) is 77.6 Å². The average molecular weight is 503 g/mol. The fourth-order valence-corrected chi connectivity index (χ4v) is 3.91. The van der Waals surface area contributed by atoms with Gasteiger partial charge in [0.15, 0.2) is 0 Å². The molecule has 1 aromatic rings. The SMILES string of the molecule is C[C@H](CC(=O)N(C)C)c1c(I)ncnc1N1CCN(C(=O)OC(C)(C)C)CC1. The molecule has 0 unspecified atom stereocenters. The lowest BCUT2D eigenvalue weighted by Crippen LogP contribution is -2.50. The average Bonchev–Trinajstić information content (AvgIpc) is 2.59. The largest absolute Gasteiger partial charge is 0.444 e. The van der Waals surface area contributed by atoms with Crippen LogP contribution >= 0.6 is 22.6 Å². The zero-order valence-corrected chi connectivity index (χ0v) is 19.7. The number of halogens is 1. The molecule has 1 aliphatic rings. The number of rotatable bonds is 4. The van der Waals surface area contributed by atoms with E-state index >= 15 is 0 Å². The molecule has 2 heterocycles. The van der Waals surface area contributed by atoms with E-state index in [1.165, 1.54) is 0 Å². The molecule has 2 rings (SSSR count). The minimum atomic E-state index is -0.501. The number of piperazine rings is 1. The third-order valence-corrected chi connectivity index (χ3v) is 5.38. The Balaban J connectivity index is 2.12. The van der Waals surface area contributed by atoms with E-state index in [-0.39, 0.29) is 17.9 Å². The molecule has 1 aliphatic heterocycles. The van der Waals surface area contributed by atoms with Crippen molar-refractivity contribution in [1.29, 1.82) is 0 Å². The molecule has 8 nitrogen and oxygen atoms in total. The van der Waals surface area contributed by atoms with E-state index in [0.29, 0.717) is 32.6 Å². The lowest BCUT2D eigenvalue weighted by Gasteiger charge is -2.37. The van der Waals surface area contributed by atoms with Crippen LogP contribution in [0.1, 0.15) is 45.6 Å². The molecule has 1 saturated heterocycles. The van der Waals surface area contributed by atoms with Crippen molar-refractivity contribution in [2.24, 2.45) is 0 Å². The van der Waals surface area contributed by atoms with Gasteiger partial charge < -0.3 is 19.4 Å². The van der Waals surface area contributed by atoms with Gasteiger partial charge >= 0.3 is 6.09 Å². The van der Waals surface area contributed by atoms with Crippen LogP contribution in [0.25, 0.3) is 0 Å². The van der Waals surface area contributed by atoms with E-state index < -0.39 is 5.60 Å². The molecular formula is C19H30IN5O3. The first-order chi connectivity index (χ1) is 13.0.